The van der Waals surface area contributed by atoms with Crippen LogP contribution in [-0.4, -0.2) is 20.7 Å². The maximum atomic E-state index is 14.0. The van der Waals surface area contributed by atoms with Gasteiger partial charge in [-0.15, -0.1) is 0 Å². The van der Waals surface area contributed by atoms with Crippen LogP contribution in [0.4, 0.5) is 8.78 Å². The molecule has 2 aromatic heterocycles. The zero-order chi connectivity index (χ0) is 19.7. The van der Waals surface area contributed by atoms with Gasteiger partial charge >= 0.3 is 0 Å². The van der Waals surface area contributed by atoms with Crippen LogP contribution in [0.3, 0.4) is 0 Å². The third kappa shape index (κ3) is 3.75. The van der Waals surface area contributed by atoms with Crippen molar-refractivity contribution in [3.8, 4) is 5.69 Å². The summed E-state index contributed by atoms with van der Waals surface area (Å²) in [6.07, 6.45) is 2.77. The molecule has 3 rings (SSSR count). The summed E-state index contributed by atoms with van der Waals surface area (Å²) in [4.78, 5) is 26.0. The lowest BCUT2D eigenvalue weighted by Gasteiger charge is -2.14. The zero-order valence-corrected chi connectivity index (χ0v) is 15.1. The number of benzene rings is 1. The quantitative estimate of drug-likeness (QED) is 0.715. The number of hydrogen-bond donors (Lipinski definition) is 2. The van der Waals surface area contributed by atoms with Crippen LogP contribution in [0, 0.1) is 18.6 Å². The first-order valence-electron chi connectivity index (χ1n) is 7.97. The first-order chi connectivity index (χ1) is 12.8. The Hall–Kier alpha value is -3.00. The fourth-order valence-electron chi connectivity index (χ4n) is 2.69. The molecule has 6 nitrogen and oxygen atoms in total. The first kappa shape index (κ1) is 18.8. The Bertz CT molecular complexity index is 1080. The van der Waals surface area contributed by atoms with Crippen molar-refractivity contribution >= 4 is 17.5 Å². The summed E-state index contributed by atoms with van der Waals surface area (Å²) in [6, 6.07) is 4.03. The molecular formula is C18H15ClF2N4O2. The van der Waals surface area contributed by atoms with Crippen molar-refractivity contribution in [1.29, 1.82) is 0 Å². The van der Waals surface area contributed by atoms with Crippen LogP contribution in [0.5, 0.6) is 0 Å². The van der Waals surface area contributed by atoms with Crippen LogP contribution >= 0.6 is 11.6 Å². The SMILES string of the molecule is Cc1c([C@@H](C)NC(=O)c2c[nH]c(=O)c(Cl)c2)cnn1-c1ccc(F)cc1F. The van der Waals surface area contributed by atoms with Crippen molar-refractivity contribution in [3.63, 3.8) is 0 Å². The number of amides is 1. The highest BCUT2D eigenvalue weighted by atomic mass is 35.5. The van der Waals surface area contributed by atoms with E-state index in [-0.39, 0.29) is 16.3 Å². The number of aromatic nitrogens is 3. The van der Waals surface area contributed by atoms with Crippen molar-refractivity contribution < 1.29 is 13.6 Å². The van der Waals surface area contributed by atoms with E-state index in [4.69, 9.17) is 11.6 Å². The number of pyridine rings is 1. The van der Waals surface area contributed by atoms with Gasteiger partial charge in [-0.3, -0.25) is 9.59 Å². The highest BCUT2D eigenvalue weighted by molar-refractivity contribution is 6.30. The molecule has 0 radical (unpaired) electrons. The average molecular weight is 393 g/mol. The lowest BCUT2D eigenvalue weighted by atomic mass is 10.1. The van der Waals surface area contributed by atoms with Gasteiger partial charge in [0.25, 0.3) is 11.5 Å². The molecular weight excluding hydrogens is 378 g/mol. The van der Waals surface area contributed by atoms with Crippen molar-refractivity contribution in [2.75, 3.05) is 0 Å². The van der Waals surface area contributed by atoms with Gasteiger partial charge in [0.2, 0.25) is 0 Å². The van der Waals surface area contributed by atoms with E-state index in [0.29, 0.717) is 11.3 Å². The Kier molecular flexibility index (Phi) is 5.09. The van der Waals surface area contributed by atoms with Gasteiger partial charge in [0.15, 0.2) is 5.82 Å². The number of hydrogen-bond acceptors (Lipinski definition) is 3. The zero-order valence-electron chi connectivity index (χ0n) is 14.4. The molecule has 27 heavy (non-hydrogen) atoms. The highest BCUT2D eigenvalue weighted by Gasteiger charge is 2.19. The van der Waals surface area contributed by atoms with Gasteiger partial charge in [0.1, 0.15) is 16.5 Å². The maximum Gasteiger partial charge on any atom is 0.266 e. The second-order valence-electron chi connectivity index (χ2n) is 5.95. The van der Waals surface area contributed by atoms with E-state index in [9.17, 15) is 18.4 Å². The normalized spacial score (nSPS) is 12.0. The minimum atomic E-state index is -0.743. The number of halogens is 3. The number of nitrogens with one attached hydrogen (secondary N) is 2. The Morgan fingerprint density at radius 3 is 2.74 bits per heavy atom. The molecule has 0 unspecified atom stereocenters. The van der Waals surface area contributed by atoms with Crippen LogP contribution in [-0.2, 0) is 0 Å². The van der Waals surface area contributed by atoms with Gasteiger partial charge in [-0.1, -0.05) is 11.6 Å². The fraction of sp³-hybridized carbons (Fsp3) is 0.167. The number of H-pyrrole nitrogens is 1. The summed E-state index contributed by atoms with van der Waals surface area (Å²) in [5.41, 5.74) is 1.06. The fourth-order valence-corrected chi connectivity index (χ4v) is 2.86. The standard InChI is InChI=1S/C18H15ClF2N4O2/c1-9(24-17(26)11-5-14(19)18(27)22-7-11)13-8-23-25(10(13)2)16-4-3-12(20)6-15(16)21/h3-9H,1-2H3,(H,22,27)(H,24,26)/t9-/m1/s1. The summed E-state index contributed by atoms with van der Waals surface area (Å²) in [5, 5.41) is 6.81. The van der Waals surface area contributed by atoms with Gasteiger partial charge in [-0.25, -0.2) is 13.5 Å². The smallest absolute Gasteiger partial charge is 0.266 e. The molecule has 0 bridgehead atoms. The third-order valence-electron chi connectivity index (χ3n) is 4.12. The van der Waals surface area contributed by atoms with Crippen LogP contribution in [0.15, 0.2) is 41.5 Å². The Balaban J connectivity index is 1.84. The van der Waals surface area contributed by atoms with Crippen molar-refractivity contribution in [3.05, 3.63) is 80.5 Å². The average Bonchev–Trinajstić information content (AvgIpc) is 2.98. The van der Waals surface area contributed by atoms with Crippen molar-refractivity contribution in [2.24, 2.45) is 0 Å². The van der Waals surface area contributed by atoms with Gasteiger partial charge in [-0.05, 0) is 32.0 Å². The molecule has 0 saturated carbocycles. The molecule has 1 atom stereocenters. The Morgan fingerprint density at radius 2 is 2.07 bits per heavy atom. The lowest BCUT2D eigenvalue weighted by Crippen LogP contribution is -2.27. The van der Waals surface area contributed by atoms with E-state index in [1.165, 1.54) is 29.2 Å². The number of aromatic amines is 1. The number of nitrogens with zero attached hydrogens (tertiary/aromatic N) is 2. The lowest BCUT2D eigenvalue weighted by molar-refractivity contribution is 0.0939. The van der Waals surface area contributed by atoms with Crippen LogP contribution in [0.1, 0.15) is 34.6 Å². The topological polar surface area (TPSA) is 79.8 Å². The van der Waals surface area contributed by atoms with Crippen LogP contribution in [0.2, 0.25) is 5.02 Å². The minimum Gasteiger partial charge on any atom is -0.345 e. The summed E-state index contributed by atoms with van der Waals surface area (Å²) >= 11 is 5.73. The van der Waals surface area contributed by atoms with E-state index in [0.717, 1.165) is 12.1 Å². The minimum absolute atomic E-state index is 0.0916. The van der Waals surface area contributed by atoms with Gasteiger partial charge in [0.05, 0.1) is 17.8 Å². The molecule has 0 aliphatic heterocycles. The van der Waals surface area contributed by atoms with Gasteiger partial charge in [0, 0.05) is 23.5 Å². The molecule has 2 N–H and O–H groups in total. The van der Waals surface area contributed by atoms with Crippen LogP contribution in [0.25, 0.3) is 5.69 Å². The van der Waals surface area contributed by atoms with Gasteiger partial charge in [-0.2, -0.15) is 5.10 Å². The highest BCUT2D eigenvalue weighted by Crippen LogP contribution is 2.22. The molecule has 1 aromatic carbocycles. The Labute approximate surface area is 157 Å². The molecule has 0 spiro atoms. The largest absolute Gasteiger partial charge is 0.345 e. The maximum absolute atomic E-state index is 14.0. The number of rotatable bonds is 4. The molecule has 0 aliphatic carbocycles. The van der Waals surface area contributed by atoms with E-state index in [1.807, 2.05) is 0 Å². The first-order valence-corrected chi connectivity index (χ1v) is 8.34. The number of carbonyl (C=O) groups excluding carboxylic acids is 1. The number of carbonyl (C=O) groups is 1. The molecule has 2 heterocycles. The van der Waals surface area contributed by atoms with E-state index in [2.05, 4.69) is 15.4 Å². The molecule has 3 aromatic rings. The third-order valence-corrected chi connectivity index (χ3v) is 4.40. The molecule has 0 aliphatic rings. The predicted octanol–water partition coefficient (Wildman–Crippen LogP) is 3.29. The second kappa shape index (κ2) is 7.32. The molecule has 0 fully saturated rings. The summed E-state index contributed by atoms with van der Waals surface area (Å²) in [5.74, 6) is -1.87. The molecule has 0 saturated heterocycles. The van der Waals surface area contributed by atoms with E-state index in [1.54, 1.807) is 13.8 Å². The second-order valence-corrected chi connectivity index (χ2v) is 6.36. The van der Waals surface area contributed by atoms with Crippen molar-refractivity contribution in [1.82, 2.24) is 20.1 Å². The van der Waals surface area contributed by atoms with Gasteiger partial charge < -0.3 is 10.3 Å². The monoisotopic (exact) mass is 392 g/mol. The van der Waals surface area contributed by atoms with E-state index >= 15 is 0 Å². The van der Waals surface area contributed by atoms with Crippen molar-refractivity contribution in [2.45, 2.75) is 19.9 Å². The molecule has 1 amide bonds. The summed E-state index contributed by atoms with van der Waals surface area (Å²) < 4.78 is 28.5. The Morgan fingerprint density at radius 1 is 1.33 bits per heavy atom. The molecule has 9 heteroatoms. The predicted molar refractivity (Wildman–Crippen MR) is 96.2 cm³/mol. The van der Waals surface area contributed by atoms with E-state index < -0.39 is 29.1 Å². The van der Waals surface area contributed by atoms with Crippen LogP contribution < -0.4 is 10.9 Å². The summed E-state index contributed by atoms with van der Waals surface area (Å²) in [6.45, 7) is 3.45. The summed E-state index contributed by atoms with van der Waals surface area (Å²) in [7, 11) is 0. The molecule has 140 valence electrons.